The first-order chi connectivity index (χ1) is 10.0. The Hall–Kier alpha value is -2.11. The zero-order valence-electron chi connectivity index (χ0n) is 13.7. The number of likely N-dealkylation sites (N-methyl/N-ethyl adjacent to an activating group) is 1. The topological polar surface area (TPSA) is 83.9 Å². The molecule has 0 radical (unpaired) electrons. The molecule has 1 aliphatic carbocycles. The zero-order chi connectivity index (χ0) is 17.1. The molecule has 0 aliphatic heterocycles. The summed E-state index contributed by atoms with van der Waals surface area (Å²) in [5.74, 6) is -1.76. The first-order valence-corrected chi connectivity index (χ1v) is 7.16. The van der Waals surface area contributed by atoms with Gasteiger partial charge in [0.1, 0.15) is 5.60 Å². The smallest absolute Gasteiger partial charge is 0.306 e. The molecule has 1 aliphatic rings. The van der Waals surface area contributed by atoms with Gasteiger partial charge in [-0.05, 0) is 34.1 Å². The lowest BCUT2D eigenvalue weighted by molar-refractivity contribution is -0.154. The van der Waals surface area contributed by atoms with Crippen LogP contribution in [-0.4, -0.2) is 46.7 Å². The monoisotopic (exact) mass is 309 g/mol. The van der Waals surface area contributed by atoms with Crippen molar-refractivity contribution >= 4 is 17.5 Å². The summed E-state index contributed by atoms with van der Waals surface area (Å²) in [6, 6.07) is 0. The van der Waals surface area contributed by atoms with Gasteiger partial charge in [-0.3, -0.25) is 14.4 Å². The van der Waals surface area contributed by atoms with Crippen molar-refractivity contribution in [1.82, 2.24) is 4.90 Å². The van der Waals surface area contributed by atoms with E-state index >= 15 is 0 Å². The van der Waals surface area contributed by atoms with E-state index in [4.69, 9.17) is 4.74 Å². The van der Waals surface area contributed by atoms with Gasteiger partial charge in [0.05, 0.1) is 5.70 Å². The molecule has 0 bridgehead atoms. The Bertz CT molecular complexity index is 551. The van der Waals surface area contributed by atoms with Crippen LogP contribution in [0.5, 0.6) is 0 Å². The number of ketones is 2. The van der Waals surface area contributed by atoms with Crippen LogP contribution in [-0.2, 0) is 19.1 Å². The van der Waals surface area contributed by atoms with E-state index < -0.39 is 17.1 Å². The van der Waals surface area contributed by atoms with Crippen LogP contribution in [0.4, 0.5) is 0 Å². The van der Waals surface area contributed by atoms with Crippen molar-refractivity contribution in [2.45, 2.75) is 46.1 Å². The Kier molecular flexibility index (Phi) is 5.52. The lowest BCUT2D eigenvalue weighted by Crippen LogP contribution is -2.30. The number of carbonyl (C=O) groups is 3. The summed E-state index contributed by atoms with van der Waals surface area (Å²) in [4.78, 5) is 36.8. The fourth-order valence-electron chi connectivity index (χ4n) is 2.00. The summed E-state index contributed by atoms with van der Waals surface area (Å²) < 4.78 is 5.20. The highest BCUT2D eigenvalue weighted by Crippen LogP contribution is 2.19. The second kappa shape index (κ2) is 6.77. The van der Waals surface area contributed by atoms with Crippen molar-refractivity contribution in [3.63, 3.8) is 0 Å². The first-order valence-electron chi connectivity index (χ1n) is 7.16. The van der Waals surface area contributed by atoms with Crippen LogP contribution in [0.3, 0.4) is 0 Å². The number of ether oxygens (including phenoxy) is 1. The first kappa shape index (κ1) is 17.9. The quantitative estimate of drug-likeness (QED) is 0.617. The highest BCUT2D eigenvalue weighted by atomic mass is 16.6. The van der Waals surface area contributed by atoms with Crippen molar-refractivity contribution in [1.29, 1.82) is 0 Å². The van der Waals surface area contributed by atoms with Crippen LogP contribution in [0.25, 0.3) is 0 Å². The third-order valence-corrected chi connectivity index (χ3v) is 3.14. The average molecular weight is 309 g/mol. The Morgan fingerprint density at radius 1 is 1.32 bits per heavy atom. The van der Waals surface area contributed by atoms with Gasteiger partial charge >= 0.3 is 5.97 Å². The molecule has 0 unspecified atom stereocenters. The number of aliphatic hydroxyl groups excluding tert-OH is 1. The second-order valence-corrected chi connectivity index (χ2v) is 6.31. The largest absolute Gasteiger partial charge is 0.504 e. The van der Waals surface area contributed by atoms with Crippen LogP contribution in [0.2, 0.25) is 0 Å². The predicted octanol–water partition coefficient (Wildman–Crippen LogP) is 1.91. The lowest BCUT2D eigenvalue weighted by atomic mass is 9.99. The molecule has 0 saturated carbocycles. The molecule has 1 N–H and O–H groups in total. The molecule has 0 atom stereocenters. The average Bonchev–Trinajstić information content (AvgIpc) is 2.38. The Balaban J connectivity index is 2.55. The molecule has 0 spiro atoms. The highest BCUT2D eigenvalue weighted by Gasteiger charge is 2.27. The number of esters is 1. The van der Waals surface area contributed by atoms with E-state index in [1.807, 2.05) is 0 Å². The Labute approximate surface area is 130 Å². The molecule has 122 valence electrons. The van der Waals surface area contributed by atoms with E-state index in [2.05, 4.69) is 0 Å². The lowest BCUT2D eigenvalue weighted by Gasteiger charge is -2.24. The zero-order valence-corrected chi connectivity index (χ0v) is 13.7. The molecule has 0 fully saturated rings. The van der Waals surface area contributed by atoms with Crippen LogP contribution >= 0.6 is 0 Å². The van der Waals surface area contributed by atoms with Gasteiger partial charge in [0.2, 0.25) is 11.6 Å². The molecule has 6 heteroatoms. The molecule has 0 aromatic heterocycles. The number of Topliss-reactive ketones (excluding diaryl/α,β-unsaturated/α-hetero) is 1. The number of aliphatic hydroxyl groups is 1. The fraction of sp³-hybridized carbons (Fsp3) is 0.562. The number of hydrogen-bond acceptors (Lipinski definition) is 6. The van der Waals surface area contributed by atoms with Crippen LogP contribution < -0.4 is 0 Å². The van der Waals surface area contributed by atoms with Gasteiger partial charge < -0.3 is 14.7 Å². The molecule has 0 heterocycles. The van der Waals surface area contributed by atoms with E-state index in [0.717, 1.165) is 6.08 Å². The van der Waals surface area contributed by atoms with Gasteiger partial charge in [-0.2, -0.15) is 0 Å². The van der Waals surface area contributed by atoms with E-state index in [9.17, 15) is 19.5 Å². The van der Waals surface area contributed by atoms with Crippen LogP contribution in [0, 0.1) is 0 Å². The second-order valence-electron chi connectivity index (χ2n) is 6.31. The minimum atomic E-state index is -0.578. The van der Waals surface area contributed by atoms with Crippen molar-refractivity contribution in [2.75, 3.05) is 13.6 Å². The van der Waals surface area contributed by atoms with Gasteiger partial charge in [-0.25, -0.2) is 0 Å². The molecule has 0 aromatic rings. The number of allylic oxidation sites excluding steroid dienone is 2. The maximum Gasteiger partial charge on any atom is 0.306 e. The summed E-state index contributed by atoms with van der Waals surface area (Å²) in [7, 11) is 1.67. The van der Waals surface area contributed by atoms with Crippen LogP contribution in [0.1, 0.15) is 40.5 Å². The van der Waals surface area contributed by atoms with Crippen molar-refractivity contribution < 1.29 is 24.2 Å². The minimum absolute atomic E-state index is 0.0430. The summed E-state index contributed by atoms with van der Waals surface area (Å²) in [5.41, 5.74) is -0.248. The van der Waals surface area contributed by atoms with Gasteiger partial charge in [-0.15, -0.1) is 0 Å². The summed E-state index contributed by atoms with van der Waals surface area (Å²) >= 11 is 0. The van der Waals surface area contributed by atoms with E-state index in [-0.39, 0.29) is 29.4 Å². The number of carbonyl (C=O) groups excluding carboxylic acids is 3. The highest BCUT2D eigenvalue weighted by molar-refractivity contribution is 6.21. The molecular formula is C16H23NO5. The molecule has 6 nitrogen and oxygen atoms in total. The summed E-state index contributed by atoms with van der Waals surface area (Å²) in [6.45, 7) is 7.25. The SMILES string of the molecule is CC1=C(O)C(=O)C=C(N(C)CCCC(=O)OC(C)(C)C)C1=O. The third-order valence-electron chi connectivity index (χ3n) is 3.14. The molecular weight excluding hydrogens is 286 g/mol. The van der Waals surface area contributed by atoms with E-state index in [1.165, 1.54) is 6.92 Å². The summed E-state index contributed by atoms with van der Waals surface area (Å²) in [6.07, 6.45) is 1.86. The van der Waals surface area contributed by atoms with Gasteiger partial charge in [-0.1, -0.05) is 0 Å². The third kappa shape index (κ3) is 4.72. The predicted molar refractivity (Wildman–Crippen MR) is 81.1 cm³/mol. The fourth-order valence-corrected chi connectivity index (χ4v) is 2.00. The van der Waals surface area contributed by atoms with Crippen molar-refractivity contribution in [2.24, 2.45) is 0 Å². The maximum atomic E-state index is 12.0. The standard InChI is InChI=1S/C16H23NO5/c1-10-14(20)11(9-12(18)15(10)21)17(5)8-6-7-13(19)22-16(2,3)4/h9,21H,6-8H2,1-5H3. The number of nitrogens with zero attached hydrogens (tertiary/aromatic N) is 1. The summed E-state index contributed by atoms with van der Waals surface area (Å²) in [5, 5.41) is 9.46. The van der Waals surface area contributed by atoms with Gasteiger partial charge in [0.15, 0.2) is 5.76 Å². The van der Waals surface area contributed by atoms with Crippen molar-refractivity contribution in [3.05, 3.63) is 23.1 Å². The Morgan fingerprint density at radius 2 is 1.91 bits per heavy atom. The molecule has 0 aromatic carbocycles. The van der Waals surface area contributed by atoms with E-state index in [1.54, 1.807) is 32.7 Å². The van der Waals surface area contributed by atoms with Crippen LogP contribution in [0.15, 0.2) is 23.1 Å². The maximum absolute atomic E-state index is 12.0. The van der Waals surface area contributed by atoms with Gasteiger partial charge in [0, 0.05) is 31.7 Å². The normalized spacial score (nSPS) is 15.8. The molecule has 22 heavy (non-hydrogen) atoms. The molecule has 0 saturated heterocycles. The molecule has 0 amide bonds. The number of hydrogen-bond donors (Lipinski definition) is 1. The van der Waals surface area contributed by atoms with Gasteiger partial charge in [0.25, 0.3) is 0 Å². The molecule has 1 rings (SSSR count). The van der Waals surface area contributed by atoms with E-state index in [0.29, 0.717) is 13.0 Å². The minimum Gasteiger partial charge on any atom is -0.504 e. The van der Waals surface area contributed by atoms with Crippen molar-refractivity contribution in [3.8, 4) is 0 Å². The number of rotatable bonds is 5. The Morgan fingerprint density at radius 3 is 2.45 bits per heavy atom.